The summed E-state index contributed by atoms with van der Waals surface area (Å²) in [6.45, 7) is 1.04. The van der Waals surface area contributed by atoms with Crippen LogP contribution in [0.4, 0.5) is 0 Å². The number of aliphatic hydroxyl groups excluding tert-OH is 1. The number of aliphatic hydroxyl groups is 1. The Morgan fingerprint density at radius 2 is 1.84 bits per heavy atom. The summed E-state index contributed by atoms with van der Waals surface area (Å²) in [6, 6.07) is 14.5. The van der Waals surface area contributed by atoms with Gasteiger partial charge < -0.3 is 14.4 Å². The highest BCUT2D eigenvalue weighted by molar-refractivity contribution is 6.08. The van der Waals surface area contributed by atoms with Crippen LogP contribution >= 0.6 is 0 Å². The van der Waals surface area contributed by atoms with Gasteiger partial charge in [0.1, 0.15) is 5.75 Å². The third-order valence-corrected chi connectivity index (χ3v) is 3.52. The second-order valence-electron chi connectivity index (χ2n) is 4.63. The molecule has 0 atom stereocenters. The Labute approximate surface area is 112 Å². The molecule has 3 heteroatoms. The first-order valence-electron chi connectivity index (χ1n) is 6.51. The molecule has 19 heavy (non-hydrogen) atoms. The number of para-hydroxylation sites is 1. The van der Waals surface area contributed by atoms with Gasteiger partial charge in [-0.2, -0.15) is 0 Å². The summed E-state index contributed by atoms with van der Waals surface area (Å²) in [6.07, 6.45) is 0.764. The quantitative estimate of drug-likeness (QED) is 0.777. The van der Waals surface area contributed by atoms with E-state index in [1.807, 2.05) is 12.1 Å². The maximum atomic E-state index is 9.06. The van der Waals surface area contributed by atoms with E-state index in [0.717, 1.165) is 18.7 Å². The molecule has 0 spiro atoms. The normalized spacial score (nSPS) is 11.3. The van der Waals surface area contributed by atoms with E-state index in [2.05, 4.69) is 34.9 Å². The summed E-state index contributed by atoms with van der Waals surface area (Å²) >= 11 is 0. The highest BCUT2D eigenvalue weighted by Crippen LogP contribution is 2.31. The fraction of sp³-hybridized carbons (Fsp3) is 0.250. The van der Waals surface area contributed by atoms with Gasteiger partial charge in [-0.05, 0) is 30.7 Å². The van der Waals surface area contributed by atoms with Crippen molar-refractivity contribution in [1.82, 2.24) is 4.57 Å². The molecule has 0 aliphatic heterocycles. The second kappa shape index (κ2) is 4.94. The number of fused-ring (bicyclic) bond motifs is 3. The molecule has 3 rings (SSSR count). The molecular formula is C16H17NO2. The first-order chi connectivity index (χ1) is 9.35. The maximum absolute atomic E-state index is 9.06. The standard InChI is InChI=1S/C16H17NO2/c1-19-12-7-8-16-14(11-12)13-5-2-3-6-15(13)17(16)9-4-10-18/h2-3,5-8,11,18H,4,9-10H2,1H3. The average molecular weight is 255 g/mol. The van der Waals surface area contributed by atoms with E-state index in [-0.39, 0.29) is 6.61 Å². The number of hydrogen-bond acceptors (Lipinski definition) is 2. The van der Waals surface area contributed by atoms with Crippen molar-refractivity contribution in [2.75, 3.05) is 13.7 Å². The zero-order valence-corrected chi connectivity index (χ0v) is 11.0. The number of aromatic nitrogens is 1. The minimum atomic E-state index is 0.212. The van der Waals surface area contributed by atoms with Gasteiger partial charge in [-0.1, -0.05) is 18.2 Å². The largest absolute Gasteiger partial charge is 0.497 e. The molecular weight excluding hydrogens is 238 g/mol. The number of benzene rings is 2. The zero-order valence-electron chi connectivity index (χ0n) is 11.0. The van der Waals surface area contributed by atoms with Crippen LogP contribution < -0.4 is 4.74 Å². The molecule has 3 aromatic rings. The maximum Gasteiger partial charge on any atom is 0.119 e. The minimum absolute atomic E-state index is 0.212. The molecule has 3 nitrogen and oxygen atoms in total. The first kappa shape index (κ1) is 12.1. The van der Waals surface area contributed by atoms with E-state index < -0.39 is 0 Å². The Hall–Kier alpha value is -2.00. The summed E-state index contributed by atoms with van der Waals surface area (Å²) in [5.41, 5.74) is 2.40. The van der Waals surface area contributed by atoms with Crippen molar-refractivity contribution in [2.24, 2.45) is 0 Å². The van der Waals surface area contributed by atoms with Crippen molar-refractivity contribution < 1.29 is 9.84 Å². The van der Waals surface area contributed by atoms with Crippen LogP contribution in [-0.4, -0.2) is 23.4 Å². The lowest BCUT2D eigenvalue weighted by Crippen LogP contribution is -1.99. The van der Waals surface area contributed by atoms with Gasteiger partial charge in [-0.3, -0.25) is 0 Å². The SMILES string of the molecule is COc1ccc2c(c1)c1ccccc1n2CCCO. The van der Waals surface area contributed by atoms with Gasteiger partial charge in [0, 0.05) is 35.0 Å². The second-order valence-corrected chi connectivity index (χ2v) is 4.63. The molecule has 1 N–H and O–H groups in total. The van der Waals surface area contributed by atoms with Gasteiger partial charge in [-0.25, -0.2) is 0 Å². The molecule has 2 aromatic carbocycles. The van der Waals surface area contributed by atoms with E-state index in [1.165, 1.54) is 21.8 Å². The van der Waals surface area contributed by atoms with Gasteiger partial charge in [0.2, 0.25) is 0 Å². The van der Waals surface area contributed by atoms with Crippen molar-refractivity contribution in [1.29, 1.82) is 0 Å². The number of nitrogens with zero attached hydrogens (tertiary/aromatic N) is 1. The fourth-order valence-electron chi connectivity index (χ4n) is 2.63. The number of aryl methyl sites for hydroxylation is 1. The number of ether oxygens (including phenoxy) is 1. The van der Waals surface area contributed by atoms with Crippen molar-refractivity contribution in [3.05, 3.63) is 42.5 Å². The van der Waals surface area contributed by atoms with Crippen LogP contribution in [-0.2, 0) is 6.54 Å². The lowest BCUT2D eigenvalue weighted by molar-refractivity contribution is 0.281. The summed E-state index contributed by atoms with van der Waals surface area (Å²) in [5.74, 6) is 0.873. The Kier molecular flexibility index (Phi) is 3.13. The Morgan fingerprint density at radius 3 is 2.63 bits per heavy atom. The third-order valence-electron chi connectivity index (χ3n) is 3.52. The Bertz CT molecular complexity index is 715. The van der Waals surface area contributed by atoms with Crippen LogP contribution in [0.2, 0.25) is 0 Å². The molecule has 0 aliphatic carbocycles. The van der Waals surface area contributed by atoms with Crippen LogP contribution in [0.5, 0.6) is 5.75 Å². The van der Waals surface area contributed by atoms with Crippen LogP contribution in [0.25, 0.3) is 21.8 Å². The number of rotatable bonds is 4. The number of methoxy groups -OCH3 is 1. The minimum Gasteiger partial charge on any atom is -0.497 e. The molecule has 0 bridgehead atoms. The van der Waals surface area contributed by atoms with E-state index in [0.29, 0.717) is 0 Å². The van der Waals surface area contributed by atoms with Gasteiger partial charge >= 0.3 is 0 Å². The van der Waals surface area contributed by atoms with Gasteiger partial charge in [0.15, 0.2) is 0 Å². The highest BCUT2D eigenvalue weighted by Gasteiger charge is 2.10. The van der Waals surface area contributed by atoms with Gasteiger partial charge in [-0.15, -0.1) is 0 Å². The molecule has 0 fully saturated rings. The van der Waals surface area contributed by atoms with Crippen molar-refractivity contribution >= 4 is 21.8 Å². The lowest BCUT2D eigenvalue weighted by atomic mass is 10.1. The van der Waals surface area contributed by atoms with Crippen molar-refractivity contribution in [3.63, 3.8) is 0 Å². The van der Waals surface area contributed by atoms with Crippen molar-refractivity contribution in [3.8, 4) is 5.75 Å². The van der Waals surface area contributed by atoms with Gasteiger partial charge in [0.25, 0.3) is 0 Å². The Balaban J connectivity index is 2.30. The highest BCUT2D eigenvalue weighted by atomic mass is 16.5. The average Bonchev–Trinajstić information content (AvgIpc) is 2.78. The topological polar surface area (TPSA) is 34.4 Å². The number of hydrogen-bond donors (Lipinski definition) is 1. The van der Waals surface area contributed by atoms with Crippen LogP contribution in [0.15, 0.2) is 42.5 Å². The zero-order chi connectivity index (χ0) is 13.2. The van der Waals surface area contributed by atoms with Crippen LogP contribution in [0.3, 0.4) is 0 Å². The van der Waals surface area contributed by atoms with E-state index in [4.69, 9.17) is 9.84 Å². The van der Waals surface area contributed by atoms with E-state index >= 15 is 0 Å². The lowest BCUT2D eigenvalue weighted by Gasteiger charge is -2.06. The predicted molar refractivity (Wildman–Crippen MR) is 77.7 cm³/mol. The molecule has 1 aromatic heterocycles. The molecule has 0 aliphatic rings. The predicted octanol–water partition coefficient (Wildman–Crippen LogP) is 3.19. The fourth-order valence-corrected chi connectivity index (χ4v) is 2.63. The molecule has 0 radical (unpaired) electrons. The third kappa shape index (κ3) is 1.96. The molecule has 1 heterocycles. The first-order valence-corrected chi connectivity index (χ1v) is 6.51. The van der Waals surface area contributed by atoms with Gasteiger partial charge in [0.05, 0.1) is 7.11 Å². The van der Waals surface area contributed by atoms with Crippen LogP contribution in [0, 0.1) is 0 Å². The molecule has 0 saturated carbocycles. The van der Waals surface area contributed by atoms with E-state index in [1.54, 1.807) is 7.11 Å². The van der Waals surface area contributed by atoms with E-state index in [9.17, 15) is 0 Å². The molecule has 0 saturated heterocycles. The molecule has 98 valence electrons. The smallest absolute Gasteiger partial charge is 0.119 e. The monoisotopic (exact) mass is 255 g/mol. The molecule has 0 unspecified atom stereocenters. The Morgan fingerprint density at radius 1 is 1.05 bits per heavy atom. The molecule has 0 amide bonds. The summed E-state index contributed by atoms with van der Waals surface area (Å²) in [4.78, 5) is 0. The summed E-state index contributed by atoms with van der Waals surface area (Å²) in [5, 5.41) is 11.5. The summed E-state index contributed by atoms with van der Waals surface area (Å²) < 4.78 is 7.58. The van der Waals surface area contributed by atoms with Crippen molar-refractivity contribution in [2.45, 2.75) is 13.0 Å². The van der Waals surface area contributed by atoms with Crippen LogP contribution in [0.1, 0.15) is 6.42 Å². The summed E-state index contributed by atoms with van der Waals surface area (Å²) in [7, 11) is 1.69.